The molecule has 0 atom stereocenters. The molecular formula is C16H11ClN2O3. The first kappa shape index (κ1) is 14.3. The molecule has 0 saturated heterocycles. The second kappa shape index (κ2) is 5.99. The van der Waals surface area contributed by atoms with Crippen LogP contribution < -0.4 is 4.90 Å². The van der Waals surface area contributed by atoms with E-state index < -0.39 is 5.97 Å². The Kier molecular flexibility index (Phi) is 3.89. The van der Waals surface area contributed by atoms with Crippen molar-refractivity contribution in [1.82, 2.24) is 0 Å². The van der Waals surface area contributed by atoms with Crippen molar-refractivity contribution in [2.24, 2.45) is 5.16 Å². The molecule has 0 unspecified atom stereocenters. The van der Waals surface area contributed by atoms with E-state index >= 15 is 0 Å². The van der Waals surface area contributed by atoms with Gasteiger partial charge in [-0.2, -0.15) is 0 Å². The van der Waals surface area contributed by atoms with E-state index in [4.69, 9.17) is 11.6 Å². The van der Waals surface area contributed by atoms with Gasteiger partial charge >= 0.3 is 5.97 Å². The van der Waals surface area contributed by atoms with Gasteiger partial charge in [0.25, 0.3) is 5.91 Å². The molecule has 3 rings (SSSR count). The lowest BCUT2D eigenvalue weighted by Crippen LogP contribution is -2.25. The maximum atomic E-state index is 12.6. The Morgan fingerprint density at radius 1 is 1.09 bits per heavy atom. The van der Waals surface area contributed by atoms with Crippen LogP contribution >= 0.6 is 11.6 Å². The normalized spacial score (nSPS) is 15.0. The molecule has 1 aliphatic rings. The van der Waals surface area contributed by atoms with E-state index in [0.717, 1.165) is 0 Å². The molecule has 0 spiro atoms. The van der Waals surface area contributed by atoms with Gasteiger partial charge in [0.1, 0.15) is 5.88 Å². The van der Waals surface area contributed by atoms with Gasteiger partial charge in [-0.3, -0.25) is 9.69 Å². The fourth-order valence-corrected chi connectivity index (χ4v) is 2.29. The van der Waals surface area contributed by atoms with Gasteiger partial charge in [-0.15, -0.1) is 11.6 Å². The Balaban J connectivity index is 2.05. The van der Waals surface area contributed by atoms with Crippen LogP contribution in [0.5, 0.6) is 0 Å². The fraction of sp³-hybridized carbons (Fsp3) is 0.0625. The minimum Gasteiger partial charge on any atom is -0.316 e. The van der Waals surface area contributed by atoms with Gasteiger partial charge in [-0.05, 0) is 18.2 Å². The summed E-state index contributed by atoms with van der Waals surface area (Å²) in [6.07, 6.45) is 0. The highest BCUT2D eigenvalue weighted by atomic mass is 35.5. The number of alkyl halides is 1. The molecule has 1 amide bonds. The smallest absolute Gasteiger partial charge is 0.316 e. The van der Waals surface area contributed by atoms with Crippen molar-refractivity contribution in [3.63, 3.8) is 0 Å². The van der Waals surface area contributed by atoms with Gasteiger partial charge in [-0.1, -0.05) is 41.6 Å². The largest absolute Gasteiger partial charge is 0.349 e. The van der Waals surface area contributed by atoms with Crippen LogP contribution in [0, 0.1) is 0 Å². The zero-order valence-electron chi connectivity index (χ0n) is 11.4. The standard InChI is InChI=1S/C16H11ClN2O3/c17-10-14(20)22-18-15-12-8-4-5-9-13(12)19(16(15)21)11-6-2-1-3-7-11/h1-9H,10H2/b18-15+. The van der Waals surface area contributed by atoms with Crippen molar-refractivity contribution in [1.29, 1.82) is 0 Å². The number of anilines is 2. The number of hydrogen-bond donors (Lipinski definition) is 0. The van der Waals surface area contributed by atoms with Crippen molar-refractivity contribution in [3.8, 4) is 0 Å². The highest BCUT2D eigenvalue weighted by Crippen LogP contribution is 2.35. The average Bonchev–Trinajstić information content (AvgIpc) is 2.85. The Labute approximate surface area is 131 Å². The second-order valence-corrected chi connectivity index (χ2v) is 4.80. The van der Waals surface area contributed by atoms with Crippen LogP contribution in [0.4, 0.5) is 11.4 Å². The van der Waals surface area contributed by atoms with Gasteiger partial charge in [0.05, 0.1) is 5.69 Å². The summed E-state index contributed by atoms with van der Waals surface area (Å²) in [4.78, 5) is 30.0. The van der Waals surface area contributed by atoms with Crippen molar-refractivity contribution >= 4 is 40.6 Å². The molecule has 5 nitrogen and oxygen atoms in total. The van der Waals surface area contributed by atoms with Crippen LogP contribution in [0.1, 0.15) is 5.56 Å². The number of nitrogens with zero attached hydrogens (tertiary/aromatic N) is 2. The van der Waals surface area contributed by atoms with Crippen molar-refractivity contribution in [3.05, 3.63) is 60.2 Å². The lowest BCUT2D eigenvalue weighted by molar-refractivity contribution is -0.140. The summed E-state index contributed by atoms with van der Waals surface area (Å²) < 4.78 is 0. The minimum absolute atomic E-state index is 0.0814. The third-order valence-electron chi connectivity index (χ3n) is 3.17. The number of carbonyl (C=O) groups is 2. The van der Waals surface area contributed by atoms with Crippen molar-refractivity contribution in [2.45, 2.75) is 0 Å². The van der Waals surface area contributed by atoms with E-state index in [9.17, 15) is 9.59 Å². The number of amides is 1. The molecule has 0 aromatic heterocycles. The van der Waals surface area contributed by atoms with E-state index in [2.05, 4.69) is 9.99 Å². The summed E-state index contributed by atoms with van der Waals surface area (Å²) in [7, 11) is 0. The Morgan fingerprint density at radius 3 is 2.50 bits per heavy atom. The number of carbonyl (C=O) groups excluding carboxylic acids is 2. The van der Waals surface area contributed by atoms with E-state index in [1.165, 1.54) is 4.90 Å². The third kappa shape index (κ3) is 2.46. The SMILES string of the molecule is O=C(CCl)O/N=C1/C(=O)N(c2ccccc2)c2ccccc21. The van der Waals surface area contributed by atoms with Gasteiger partial charge in [0.2, 0.25) is 0 Å². The molecule has 0 fully saturated rings. The van der Waals surface area contributed by atoms with Crippen LogP contribution in [-0.4, -0.2) is 23.5 Å². The maximum absolute atomic E-state index is 12.6. The van der Waals surface area contributed by atoms with E-state index in [-0.39, 0.29) is 17.5 Å². The monoisotopic (exact) mass is 314 g/mol. The number of oxime groups is 1. The molecule has 0 bridgehead atoms. The molecule has 1 aliphatic heterocycles. The predicted molar refractivity (Wildman–Crippen MR) is 83.4 cm³/mol. The summed E-state index contributed by atoms with van der Waals surface area (Å²) in [6, 6.07) is 16.4. The minimum atomic E-state index is -0.711. The maximum Gasteiger partial charge on any atom is 0.349 e. The fourth-order valence-electron chi connectivity index (χ4n) is 2.24. The quantitative estimate of drug-likeness (QED) is 0.497. The molecular weight excluding hydrogens is 304 g/mol. The number of para-hydroxylation sites is 2. The first-order chi connectivity index (χ1) is 10.7. The molecule has 0 aliphatic carbocycles. The number of hydrogen-bond acceptors (Lipinski definition) is 4. The summed E-state index contributed by atoms with van der Waals surface area (Å²) in [6.45, 7) is 0. The molecule has 0 radical (unpaired) electrons. The molecule has 110 valence electrons. The highest BCUT2D eigenvalue weighted by molar-refractivity contribution is 6.55. The van der Waals surface area contributed by atoms with Crippen LogP contribution in [0.2, 0.25) is 0 Å². The van der Waals surface area contributed by atoms with Crippen LogP contribution in [-0.2, 0) is 14.4 Å². The predicted octanol–water partition coefficient (Wildman–Crippen LogP) is 2.85. The zero-order valence-corrected chi connectivity index (χ0v) is 12.2. The number of rotatable bonds is 3. The molecule has 0 N–H and O–H groups in total. The van der Waals surface area contributed by atoms with E-state index in [1.54, 1.807) is 12.1 Å². The number of benzene rings is 2. The number of fused-ring (bicyclic) bond motifs is 1. The van der Waals surface area contributed by atoms with Crippen LogP contribution in [0.25, 0.3) is 0 Å². The number of halogens is 1. The summed E-state index contributed by atoms with van der Waals surface area (Å²) >= 11 is 5.36. The Bertz CT molecular complexity index is 759. The van der Waals surface area contributed by atoms with Crippen LogP contribution in [0.15, 0.2) is 59.8 Å². The molecule has 2 aromatic carbocycles. The summed E-state index contributed by atoms with van der Waals surface area (Å²) in [5, 5.41) is 3.68. The Hall–Kier alpha value is -2.66. The third-order valence-corrected chi connectivity index (χ3v) is 3.39. The van der Waals surface area contributed by atoms with Gasteiger partial charge < -0.3 is 4.84 Å². The zero-order chi connectivity index (χ0) is 15.5. The first-order valence-electron chi connectivity index (χ1n) is 6.55. The van der Waals surface area contributed by atoms with Crippen molar-refractivity contribution < 1.29 is 14.4 Å². The molecule has 2 aromatic rings. The first-order valence-corrected chi connectivity index (χ1v) is 7.08. The lowest BCUT2D eigenvalue weighted by atomic mass is 10.1. The van der Waals surface area contributed by atoms with Gasteiger partial charge in [0, 0.05) is 11.3 Å². The summed E-state index contributed by atoms with van der Waals surface area (Å²) in [5.41, 5.74) is 2.10. The van der Waals surface area contributed by atoms with Gasteiger partial charge in [0.15, 0.2) is 5.71 Å². The molecule has 0 saturated carbocycles. The molecule has 6 heteroatoms. The molecule has 1 heterocycles. The van der Waals surface area contributed by atoms with E-state index in [1.807, 2.05) is 42.5 Å². The van der Waals surface area contributed by atoms with E-state index in [0.29, 0.717) is 16.9 Å². The van der Waals surface area contributed by atoms with Gasteiger partial charge in [-0.25, -0.2) is 4.79 Å². The highest BCUT2D eigenvalue weighted by Gasteiger charge is 2.35. The summed E-state index contributed by atoms with van der Waals surface area (Å²) in [5.74, 6) is -1.39. The second-order valence-electron chi connectivity index (χ2n) is 4.53. The van der Waals surface area contributed by atoms with Crippen LogP contribution in [0.3, 0.4) is 0 Å². The topological polar surface area (TPSA) is 59.0 Å². The average molecular weight is 315 g/mol. The Morgan fingerprint density at radius 2 is 1.77 bits per heavy atom. The molecule has 22 heavy (non-hydrogen) atoms. The lowest BCUT2D eigenvalue weighted by Gasteiger charge is -2.16. The van der Waals surface area contributed by atoms with Crippen molar-refractivity contribution in [2.75, 3.05) is 10.8 Å².